The van der Waals surface area contributed by atoms with Gasteiger partial charge in [0.1, 0.15) is 5.69 Å². The Bertz CT molecular complexity index is 728. The lowest BCUT2D eigenvalue weighted by Crippen LogP contribution is -2.23. The number of carbonyl (C=O) groups excluding carboxylic acids is 2. The maximum absolute atomic E-state index is 12.6. The van der Waals surface area contributed by atoms with Crippen molar-refractivity contribution in [2.45, 2.75) is 19.6 Å². The molecule has 0 saturated carbocycles. The van der Waals surface area contributed by atoms with Gasteiger partial charge >= 0.3 is 6.18 Å². The lowest BCUT2D eigenvalue weighted by Gasteiger charge is -2.09. The first-order valence-electron chi connectivity index (χ1n) is 6.43. The lowest BCUT2D eigenvalue weighted by atomic mass is 10.1. The van der Waals surface area contributed by atoms with Gasteiger partial charge in [-0.15, -0.1) is 11.3 Å². The molecule has 2 N–H and O–H groups in total. The van der Waals surface area contributed by atoms with Crippen molar-refractivity contribution in [3.8, 4) is 0 Å². The summed E-state index contributed by atoms with van der Waals surface area (Å²) in [6.45, 7) is 1.25. The highest BCUT2D eigenvalue weighted by atomic mass is 32.1. The summed E-state index contributed by atoms with van der Waals surface area (Å²) < 4.78 is 37.8. The Morgan fingerprint density at radius 3 is 2.70 bits per heavy atom. The smallest absolute Gasteiger partial charge is 0.347 e. The molecule has 0 fully saturated rings. The molecule has 1 heterocycles. The van der Waals surface area contributed by atoms with Crippen molar-refractivity contribution < 1.29 is 22.8 Å². The molecule has 122 valence electrons. The summed E-state index contributed by atoms with van der Waals surface area (Å²) in [4.78, 5) is 26.7. The molecule has 0 bridgehead atoms. The van der Waals surface area contributed by atoms with Crippen molar-refractivity contribution in [3.63, 3.8) is 0 Å². The van der Waals surface area contributed by atoms with Crippen LogP contribution in [0.3, 0.4) is 0 Å². The van der Waals surface area contributed by atoms with E-state index in [2.05, 4.69) is 15.6 Å². The van der Waals surface area contributed by atoms with Crippen molar-refractivity contribution >= 4 is 28.3 Å². The van der Waals surface area contributed by atoms with Gasteiger partial charge in [-0.25, -0.2) is 4.98 Å². The summed E-state index contributed by atoms with van der Waals surface area (Å²) in [5, 5.41) is 6.66. The molecule has 0 saturated heterocycles. The Kier molecular flexibility index (Phi) is 4.99. The molecule has 9 heteroatoms. The van der Waals surface area contributed by atoms with Crippen molar-refractivity contribution in [1.29, 1.82) is 0 Å². The molecule has 0 aliphatic carbocycles. The number of amides is 2. The Balaban J connectivity index is 1.99. The Hall–Kier alpha value is -2.42. The number of anilines is 1. The average Bonchev–Trinajstić information content (AvgIpc) is 2.92. The van der Waals surface area contributed by atoms with E-state index in [4.69, 9.17) is 0 Å². The van der Waals surface area contributed by atoms with Crippen LogP contribution in [0.1, 0.15) is 28.5 Å². The number of aromatic nitrogens is 1. The highest BCUT2D eigenvalue weighted by molar-refractivity contribution is 7.14. The van der Waals surface area contributed by atoms with Crippen LogP contribution < -0.4 is 10.6 Å². The molecule has 1 aromatic heterocycles. The average molecular weight is 343 g/mol. The van der Waals surface area contributed by atoms with E-state index in [1.165, 1.54) is 24.4 Å². The van der Waals surface area contributed by atoms with Crippen LogP contribution in [0.2, 0.25) is 0 Å². The standard InChI is InChI=1S/C14H12F3N3O2S/c1-8(21)19-13-20-11(7-23-13)12(22)18-6-9-3-2-4-10(5-9)14(15,16)17/h2-5,7H,6H2,1H3,(H,18,22)(H,19,20,21). The third-order valence-electron chi connectivity index (χ3n) is 2.73. The second-order valence-electron chi connectivity index (χ2n) is 4.60. The number of carbonyl (C=O) groups is 2. The monoisotopic (exact) mass is 343 g/mol. The second-order valence-corrected chi connectivity index (χ2v) is 5.46. The van der Waals surface area contributed by atoms with E-state index < -0.39 is 17.6 Å². The van der Waals surface area contributed by atoms with E-state index in [0.717, 1.165) is 23.5 Å². The minimum absolute atomic E-state index is 0.0598. The summed E-state index contributed by atoms with van der Waals surface area (Å²) in [5.41, 5.74) is -0.359. The fraction of sp³-hybridized carbons (Fsp3) is 0.214. The summed E-state index contributed by atoms with van der Waals surface area (Å²) in [7, 11) is 0. The molecule has 23 heavy (non-hydrogen) atoms. The third-order valence-corrected chi connectivity index (χ3v) is 3.48. The Morgan fingerprint density at radius 2 is 2.04 bits per heavy atom. The van der Waals surface area contributed by atoms with Gasteiger partial charge < -0.3 is 10.6 Å². The number of alkyl halides is 3. The minimum Gasteiger partial charge on any atom is -0.347 e. The Labute approximate surface area is 133 Å². The van der Waals surface area contributed by atoms with Gasteiger partial charge in [-0.2, -0.15) is 13.2 Å². The molecule has 0 atom stereocenters. The van der Waals surface area contributed by atoms with Crippen LogP contribution in [0, 0.1) is 0 Å². The van der Waals surface area contributed by atoms with Crippen molar-refractivity contribution in [3.05, 3.63) is 46.5 Å². The molecule has 2 amide bonds. The second kappa shape index (κ2) is 6.78. The highest BCUT2D eigenvalue weighted by Crippen LogP contribution is 2.29. The van der Waals surface area contributed by atoms with E-state index in [1.807, 2.05) is 0 Å². The van der Waals surface area contributed by atoms with E-state index in [1.54, 1.807) is 0 Å². The molecule has 0 radical (unpaired) electrons. The first-order chi connectivity index (χ1) is 10.8. The van der Waals surface area contributed by atoms with Gasteiger partial charge in [0.05, 0.1) is 5.56 Å². The molecule has 2 rings (SSSR count). The van der Waals surface area contributed by atoms with Crippen LogP contribution >= 0.6 is 11.3 Å². The van der Waals surface area contributed by atoms with Crippen LogP contribution in [-0.2, 0) is 17.5 Å². The number of rotatable bonds is 4. The van der Waals surface area contributed by atoms with E-state index in [0.29, 0.717) is 5.56 Å². The summed E-state index contributed by atoms with van der Waals surface area (Å²) in [6.07, 6.45) is -4.43. The highest BCUT2D eigenvalue weighted by Gasteiger charge is 2.30. The number of halogens is 3. The molecular formula is C14H12F3N3O2S. The van der Waals surface area contributed by atoms with Gasteiger partial charge in [0.25, 0.3) is 5.91 Å². The third kappa shape index (κ3) is 4.78. The molecule has 0 aliphatic heterocycles. The molecule has 1 aromatic carbocycles. The van der Waals surface area contributed by atoms with Gasteiger partial charge in [0.15, 0.2) is 5.13 Å². The number of hydrogen-bond acceptors (Lipinski definition) is 4. The van der Waals surface area contributed by atoms with Crippen LogP contribution in [0.5, 0.6) is 0 Å². The van der Waals surface area contributed by atoms with E-state index in [-0.39, 0.29) is 23.3 Å². The first-order valence-corrected chi connectivity index (χ1v) is 7.31. The number of nitrogens with zero attached hydrogens (tertiary/aromatic N) is 1. The van der Waals surface area contributed by atoms with Crippen molar-refractivity contribution in [2.24, 2.45) is 0 Å². The van der Waals surface area contributed by atoms with Gasteiger partial charge in [-0.3, -0.25) is 9.59 Å². The molecular weight excluding hydrogens is 331 g/mol. The van der Waals surface area contributed by atoms with Crippen LogP contribution in [-0.4, -0.2) is 16.8 Å². The molecule has 0 unspecified atom stereocenters. The zero-order valence-electron chi connectivity index (χ0n) is 11.9. The van der Waals surface area contributed by atoms with Gasteiger partial charge in [0, 0.05) is 18.8 Å². The normalized spacial score (nSPS) is 11.1. The van der Waals surface area contributed by atoms with Crippen LogP contribution in [0.25, 0.3) is 0 Å². The number of benzene rings is 1. The fourth-order valence-electron chi connectivity index (χ4n) is 1.72. The van der Waals surface area contributed by atoms with Gasteiger partial charge in [0.2, 0.25) is 5.91 Å². The molecule has 2 aromatic rings. The summed E-state index contributed by atoms with van der Waals surface area (Å²) >= 11 is 1.08. The SMILES string of the molecule is CC(=O)Nc1nc(C(=O)NCc2cccc(C(F)(F)F)c2)cs1. The number of thiazole rings is 1. The number of hydrogen-bond donors (Lipinski definition) is 2. The van der Waals surface area contributed by atoms with E-state index >= 15 is 0 Å². The summed E-state index contributed by atoms with van der Waals surface area (Å²) in [5.74, 6) is -0.842. The topological polar surface area (TPSA) is 71.1 Å². The quantitative estimate of drug-likeness (QED) is 0.896. The van der Waals surface area contributed by atoms with Crippen molar-refractivity contribution in [2.75, 3.05) is 5.32 Å². The first kappa shape index (κ1) is 16.9. The van der Waals surface area contributed by atoms with E-state index in [9.17, 15) is 22.8 Å². The maximum atomic E-state index is 12.6. The zero-order valence-corrected chi connectivity index (χ0v) is 12.7. The molecule has 5 nitrogen and oxygen atoms in total. The van der Waals surface area contributed by atoms with Crippen molar-refractivity contribution in [1.82, 2.24) is 10.3 Å². The van der Waals surface area contributed by atoms with Gasteiger partial charge in [-0.05, 0) is 17.7 Å². The lowest BCUT2D eigenvalue weighted by molar-refractivity contribution is -0.137. The van der Waals surface area contributed by atoms with Gasteiger partial charge in [-0.1, -0.05) is 12.1 Å². The largest absolute Gasteiger partial charge is 0.416 e. The minimum atomic E-state index is -4.43. The fourth-order valence-corrected chi connectivity index (χ4v) is 2.45. The van der Waals surface area contributed by atoms with Crippen LogP contribution in [0.15, 0.2) is 29.6 Å². The maximum Gasteiger partial charge on any atom is 0.416 e. The molecule has 0 aliphatic rings. The Morgan fingerprint density at radius 1 is 1.30 bits per heavy atom. The molecule has 0 spiro atoms. The number of nitrogens with one attached hydrogen (secondary N) is 2. The predicted molar refractivity (Wildman–Crippen MR) is 79.0 cm³/mol. The van der Waals surface area contributed by atoms with Crippen LogP contribution in [0.4, 0.5) is 18.3 Å². The zero-order chi connectivity index (χ0) is 17.0. The summed E-state index contributed by atoms with van der Waals surface area (Å²) in [6, 6.07) is 4.71. The predicted octanol–water partition coefficient (Wildman–Crippen LogP) is 3.05.